The Morgan fingerprint density at radius 2 is 2.28 bits per heavy atom. The molecule has 0 atom stereocenters. The highest BCUT2D eigenvalue weighted by atomic mass is 79.9. The van der Waals surface area contributed by atoms with E-state index in [9.17, 15) is 0 Å². The van der Waals surface area contributed by atoms with Crippen LogP contribution in [-0.4, -0.2) is 10.1 Å². The molecule has 0 amide bonds. The van der Waals surface area contributed by atoms with Crippen molar-refractivity contribution >= 4 is 33.4 Å². The Kier molecular flexibility index (Phi) is 4.66. The molecule has 0 spiro atoms. The van der Waals surface area contributed by atoms with Gasteiger partial charge < -0.3 is 10.3 Å². The molecule has 2 aromatic rings. The first-order chi connectivity index (χ1) is 8.69. The van der Waals surface area contributed by atoms with Gasteiger partial charge >= 0.3 is 0 Å². The first kappa shape index (κ1) is 13.4. The van der Waals surface area contributed by atoms with Crippen molar-refractivity contribution in [1.82, 2.24) is 10.1 Å². The zero-order valence-electron chi connectivity index (χ0n) is 10.0. The maximum Gasteiger partial charge on any atom is 0.226 e. The fraction of sp³-hybridized carbons (Fsp3) is 0.333. The quantitative estimate of drug-likeness (QED) is 0.670. The number of aryl methyl sites for hydroxylation is 1. The van der Waals surface area contributed by atoms with Gasteiger partial charge in [-0.05, 0) is 24.6 Å². The molecule has 2 rings (SSSR count). The van der Waals surface area contributed by atoms with Crippen molar-refractivity contribution < 1.29 is 4.52 Å². The van der Waals surface area contributed by atoms with Gasteiger partial charge in [-0.25, -0.2) is 0 Å². The minimum absolute atomic E-state index is 0.661. The molecule has 0 radical (unpaired) electrons. The van der Waals surface area contributed by atoms with Gasteiger partial charge in [0.2, 0.25) is 5.89 Å². The molecule has 6 heteroatoms. The van der Waals surface area contributed by atoms with Crippen molar-refractivity contribution in [2.45, 2.75) is 30.4 Å². The molecule has 1 aromatic heterocycles. The third kappa shape index (κ3) is 3.49. The van der Waals surface area contributed by atoms with Gasteiger partial charge in [-0.3, -0.25) is 0 Å². The Bertz CT molecular complexity index is 530. The summed E-state index contributed by atoms with van der Waals surface area (Å²) in [4.78, 5) is 5.34. The Balaban J connectivity index is 1.99. The lowest BCUT2D eigenvalue weighted by molar-refractivity contribution is 0.373. The number of nitrogens with two attached hydrogens (primary N) is 1. The van der Waals surface area contributed by atoms with E-state index in [1.165, 1.54) is 0 Å². The molecular formula is C12H14BrN3OS. The van der Waals surface area contributed by atoms with Crippen molar-refractivity contribution in [2.24, 2.45) is 0 Å². The van der Waals surface area contributed by atoms with Gasteiger partial charge in [0, 0.05) is 21.5 Å². The number of aromatic nitrogens is 2. The van der Waals surface area contributed by atoms with Gasteiger partial charge in [0.25, 0.3) is 0 Å². The molecule has 18 heavy (non-hydrogen) atoms. The molecule has 2 N–H and O–H groups in total. The van der Waals surface area contributed by atoms with Crippen LogP contribution in [0.25, 0.3) is 0 Å². The standard InChI is InChI=1S/C12H14BrN3OS/c1-2-3-12-15-11(16-17-12)7-18-10-6-8(13)4-5-9(10)14/h4-6H,2-3,7,14H2,1H3. The van der Waals surface area contributed by atoms with E-state index in [4.69, 9.17) is 10.3 Å². The summed E-state index contributed by atoms with van der Waals surface area (Å²) >= 11 is 5.03. The van der Waals surface area contributed by atoms with Crippen LogP contribution in [-0.2, 0) is 12.2 Å². The minimum atomic E-state index is 0.661. The predicted molar refractivity (Wildman–Crippen MR) is 76.4 cm³/mol. The zero-order valence-corrected chi connectivity index (χ0v) is 12.4. The molecule has 0 saturated carbocycles. The van der Waals surface area contributed by atoms with Crippen LogP contribution in [0.2, 0.25) is 0 Å². The number of anilines is 1. The molecule has 0 aliphatic heterocycles. The second-order valence-electron chi connectivity index (χ2n) is 3.83. The smallest absolute Gasteiger partial charge is 0.226 e. The van der Waals surface area contributed by atoms with Crippen LogP contribution >= 0.6 is 27.7 Å². The normalized spacial score (nSPS) is 10.8. The summed E-state index contributed by atoms with van der Waals surface area (Å²) in [5, 5.41) is 3.94. The average Bonchev–Trinajstić information content (AvgIpc) is 2.79. The molecule has 0 aliphatic carbocycles. The van der Waals surface area contributed by atoms with E-state index in [1.54, 1.807) is 11.8 Å². The summed E-state index contributed by atoms with van der Waals surface area (Å²) < 4.78 is 6.15. The van der Waals surface area contributed by atoms with Gasteiger partial charge in [-0.2, -0.15) is 4.98 Å². The summed E-state index contributed by atoms with van der Waals surface area (Å²) in [6.45, 7) is 2.08. The van der Waals surface area contributed by atoms with Crippen LogP contribution in [0, 0.1) is 0 Å². The third-order valence-electron chi connectivity index (χ3n) is 2.31. The number of halogens is 1. The van der Waals surface area contributed by atoms with E-state index in [0.29, 0.717) is 17.5 Å². The van der Waals surface area contributed by atoms with E-state index < -0.39 is 0 Å². The Morgan fingerprint density at radius 1 is 1.44 bits per heavy atom. The lowest BCUT2D eigenvalue weighted by Crippen LogP contribution is -1.90. The van der Waals surface area contributed by atoms with Gasteiger partial charge in [-0.15, -0.1) is 11.8 Å². The second-order valence-corrected chi connectivity index (χ2v) is 5.76. The predicted octanol–water partition coefficient (Wildman–Crippen LogP) is 3.66. The molecule has 0 bridgehead atoms. The molecule has 0 unspecified atom stereocenters. The van der Waals surface area contributed by atoms with Crippen LogP contribution in [0.15, 0.2) is 32.1 Å². The summed E-state index contributed by atoms with van der Waals surface area (Å²) in [5.74, 6) is 2.08. The molecular weight excluding hydrogens is 314 g/mol. The monoisotopic (exact) mass is 327 g/mol. The Hall–Kier alpha value is -1.01. The fourth-order valence-electron chi connectivity index (χ4n) is 1.44. The zero-order chi connectivity index (χ0) is 13.0. The van der Waals surface area contributed by atoms with Gasteiger partial charge in [0.1, 0.15) is 0 Å². The number of hydrogen-bond acceptors (Lipinski definition) is 5. The largest absolute Gasteiger partial charge is 0.398 e. The molecule has 0 fully saturated rings. The topological polar surface area (TPSA) is 64.9 Å². The van der Waals surface area contributed by atoms with Crippen LogP contribution in [0.5, 0.6) is 0 Å². The molecule has 1 aromatic carbocycles. The molecule has 4 nitrogen and oxygen atoms in total. The van der Waals surface area contributed by atoms with Gasteiger partial charge in [-0.1, -0.05) is 28.0 Å². The average molecular weight is 328 g/mol. The molecule has 0 saturated heterocycles. The van der Waals surface area contributed by atoms with Crippen LogP contribution in [0.4, 0.5) is 5.69 Å². The first-order valence-corrected chi connectivity index (χ1v) is 7.46. The minimum Gasteiger partial charge on any atom is -0.398 e. The summed E-state index contributed by atoms with van der Waals surface area (Å²) in [6.07, 6.45) is 1.84. The summed E-state index contributed by atoms with van der Waals surface area (Å²) in [7, 11) is 0. The van der Waals surface area contributed by atoms with E-state index in [1.807, 2.05) is 18.2 Å². The fourth-order valence-corrected chi connectivity index (χ4v) is 2.80. The Labute approximate surface area is 118 Å². The van der Waals surface area contributed by atoms with Crippen molar-refractivity contribution in [2.75, 3.05) is 5.73 Å². The van der Waals surface area contributed by atoms with Crippen LogP contribution in [0.3, 0.4) is 0 Å². The van der Waals surface area contributed by atoms with Crippen molar-refractivity contribution in [3.63, 3.8) is 0 Å². The highest BCUT2D eigenvalue weighted by molar-refractivity contribution is 9.10. The van der Waals surface area contributed by atoms with Crippen molar-refractivity contribution in [3.05, 3.63) is 34.4 Å². The maximum absolute atomic E-state index is 5.90. The maximum atomic E-state index is 5.90. The lowest BCUT2D eigenvalue weighted by Gasteiger charge is -2.03. The van der Waals surface area contributed by atoms with Crippen molar-refractivity contribution in [1.29, 1.82) is 0 Å². The second kappa shape index (κ2) is 6.24. The number of nitrogens with zero attached hydrogens (tertiary/aromatic N) is 2. The number of hydrogen-bond donors (Lipinski definition) is 1. The molecule has 0 aliphatic rings. The molecule has 1 heterocycles. The lowest BCUT2D eigenvalue weighted by atomic mass is 10.3. The van der Waals surface area contributed by atoms with Crippen molar-refractivity contribution in [3.8, 4) is 0 Å². The number of thioether (sulfide) groups is 1. The summed E-state index contributed by atoms with van der Waals surface area (Å²) in [6, 6.07) is 5.80. The van der Waals surface area contributed by atoms with E-state index in [0.717, 1.165) is 27.9 Å². The Morgan fingerprint density at radius 3 is 3.06 bits per heavy atom. The highest BCUT2D eigenvalue weighted by Crippen LogP contribution is 2.30. The number of nitrogen functional groups attached to an aromatic ring is 1. The summed E-state index contributed by atoms with van der Waals surface area (Å²) in [5.41, 5.74) is 6.66. The molecule has 96 valence electrons. The van der Waals surface area contributed by atoms with Crippen LogP contribution < -0.4 is 5.73 Å². The third-order valence-corrected chi connectivity index (χ3v) is 3.87. The number of rotatable bonds is 5. The van der Waals surface area contributed by atoms with Crippen LogP contribution in [0.1, 0.15) is 25.1 Å². The van der Waals surface area contributed by atoms with E-state index in [2.05, 4.69) is 33.0 Å². The van der Waals surface area contributed by atoms with Gasteiger partial charge in [0.15, 0.2) is 5.82 Å². The SMILES string of the molecule is CCCc1nc(CSc2cc(Br)ccc2N)no1. The highest BCUT2D eigenvalue weighted by Gasteiger charge is 2.07. The first-order valence-electron chi connectivity index (χ1n) is 5.68. The van der Waals surface area contributed by atoms with E-state index in [-0.39, 0.29) is 0 Å². The van der Waals surface area contributed by atoms with E-state index >= 15 is 0 Å². The van der Waals surface area contributed by atoms with Gasteiger partial charge in [0.05, 0.1) is 5.75 Å². The number of benzene rings is 1.